The fourth-order valence-corrected chi connectivity index (χ4v) is 2.62. The van der Waals surface area contributed by atoms with Gasteiger partial charge in [-0.15, -0.1) is 0 Å². The quantitative estimate of drug-likeness (QED) is 0.900. The molecule has 0 bridgehead atoms. The Morgan fingerprint density at radius 3 is 2.86 bits per heavy atom. The highest BCUT2D eigenvalue weighted by atomic mass is 19.4. The van der Waals surface area contributed by atoms with Crippen LogP contribution in [0.1, 0.15) is 41.7 Å². The van der Waals surface area contributed by atoms with Crippen molar-refractivity contribution in [1.29, 1.82) is 0 Å². The molecule has 1 aromatic rings. The van der Waals surface area contributed by atoms with Crippen molar-refractivity contribution in [2.45, 2.75) is 44.4 Å². The number of nitrogens with two attached hydrogens (primary N) is 1. The first-order valence-corrected chi connectivity index (χ1v) is 6.92. The SMILES string of the molecule is NCc1cc(C(=O)NC2CCCC(C(F)(F)F)C2)ccn1. The Balaban J connectivity index is 1.99. The highest BCUT2D eigenvalue weighted by molar-refractivity contribution is 5.94. The monoisotopic (exact) mass is 301 g/mol. The minimum absolute atomic E-state index is 0.0515. The molecule has 3 N–H and O–H groups in total. The number of carbonyl (C=O) groups is 1. The van der Waals surface area contributed by atoms with E-state index in [2.05, 4.69) is 10.3 Å². The molecule has 1 saturated carbocycles. The molecule has 4 nitrogen and oxygen atoms in total. The second-order valence-electron chi connectivity index (χ2n) is 5.32. The van der Waals surface area contributed by atoms with Gasteiger partial charge in [0.05, 0.1) is 11.6 Å². The van der Waals surface area contributed by atoms with Gasteiger partial charge in [0.15, 0.2) is 0 Å². The fraction of sp³-hybridized carbons (Fsp3) is 0.571. The lowest BCUT2D eigenvalue weighted by Gasteiger charge is -2.31. The van der Waals surface area contributed by atoms with Crippen LogP contribution >= 0.6 is 0 Å². The van der Waals surface area contributed by atoms with Crippen molar-refractivity contribution >= 4 is 5.91 Å². The lowest BCUT2D eigenvalue weighted by molar-refractivity contribution is -0.183. The van der Waals surface area contributed by atoms with Crippen molar-refractivity contribution in [2.75, 3.05) is 0 Å². The van der Waals surface area contributed by atoms with Gasteiger partial charge in [-0.3, -0.25) is 9.78 Å². The van der Waals surface area contributed by atoms with Gasteiger partial charge in [0.25, 0.3) is 5.91 Å². The average molecular weight is 301 g/mol. The van der Waals surface area contributed by atoms with E-state index in [4.69, 9.17) is 5.73 Å². The third kappa shape index (κ3) is 4.17. The largest absolute Gasteiger partial charge is 0.391 e. The number of pyridine rings is 1. The maximum atomic E-state index is 12.7. The molecule has 0 saturated heterocycles. The van der Waals surface area contributed by atoms with Gasteiger partial charge in [-0.1, -0.05) is 6.42 Å². The van der Waals surface area contributed by atoms with Gasteiger partial charge < -0.3 is 11.1 Å². The minimum Gasteiger partial charge on any atom is -0.349 e. The third-order valence-corrected chi connectivity index (χ3v) is 3.76. The van der Waals surface area contributed by atoms with Crippen LogP contribution in [0.15, 0.2) is 18.3 Å². The molecule has 21 heavy (non-hydrogen) atoms. The molecule has 0 radical (unpaired) electrons. The Morgan fingerprint density at radius 1 is 1.43 bits per heavy atom. The molecule has 1 fully saturated rings. The maximum Gasteiger partial charge on any atom is 0.391 e. The summed E-state index contributed by atoms with van der Waals surface area (Å²) < 4.78 is 38.2. The molecule has 0 spiro atoms. The molecular weight excluding hydrogens is 283 g/mol. The zero-order chi connectivity index (χ0) is 15.5. The summed E-state index contributed by atoms with van der Waals surface area (Å²) in [5.74, 6) is -1.70. The zero-order valence-electron chi connectivity index (χ0n) is 11.5. The molecule has 7 heteroatoms. The maximum absolute atomic E-state index is 12.7. The van der Waals surface area contributed by atoms with E-state index < -0.39 is 18.1 Å². The zero-order valence-corrected chi connectivity index (χ0v) is 11.5. The Morgan fingerprint density at radius 2 is 2.19 bits per heavy atom. The van der Waals surface area contributed by atoms with Crippen LogP contribution < -0.4 is 11.1 Å². The number of carbonyl (C=O) groups excluding carboxylic acids is 1. The Labute approximate surface area is 120 Å². The summed E-state index contributed by atoms with van der Waals surface area (Å²) in [6.07, 6.45) is -1.58. The van der Waals surface area contributed by atoms with Crippen LogP contribution in [0.25, 0.3) is 0 Å². The van der Waals surface area contributed by atoms with Gasteiger partial charge in [-0.05, 0) is 31.4 Å². The van der Waals surface area contributed by atoms with Crippen molar-refractivity contribution in [2.24, 2.45) is 11.7 Å². The van der Waals surface area contributed by atoms with Crippen molar-refractivity contribution in [3.63, 3.8) is 0 Å². The molecule has 1 aromatic heterocycles. The summed E-state index contributed by atoms with van der Waals surface area (Å²) in [7, 11) is 0. The van der Waals surface area contributed by atoms with Gasteiger partial charge >= 0.3 is 6.18 Å². The van der Waals surface area contributed by atoms with Gasteiger partial charge in [0, 0.05) is 24.3 Å². The number of halogens is 3. The fourth-order valence-electron chi connectivity index (χ4n) is 2.62. The number of hydrogen-bond acceptors (Lipinski definition) is 3. The summed E-state index contributed by atoms with van der Waals surface area (Å²) in [5.41, 5.74) is 6.39. The predicted octanol–water partition coefficient (Wildman–Crippen LogP) is 2.39. The molecule has 1 heterocycles. The first-order valence-electron chi connectivity index (χ1n) is 6.92. The standard InChI is InChI=1S/C14H18F3N3O/c15-14(16,17)10-2-1-3-11(7-10)20-13(21)9-4-5-19-12(6-9)8-18/h4-6,10-11H,1-3,7-8,18H2,(H,20,21). The molecule has 1 aliphatic carbocycles. The van der Waals surface area contributed by atoms with Gasteiger partial charge in [-0.25, -0.2) is 0 Å². The number of hydrogen-bond donors (Lipinski definition) is 2. The first kappa shape index (κ1) is 15.8. The second-order valence-corrected chi connectivity index (χ2v) is 5.32. The van der Waals surface area contributed by atoms with Crippen molar-refractivity contribution in [3.05, 3.63) is 29.6 Å². The van der Waals surface area contributed by atoms with Crippen LogP contribution in [0.4, 0.5) is 13.2 Å². The molecule has 2 rings (SSSR count). The Bertz CT molecular complexity index is 504. The number of aromatic nitrogens is 1. The van der Waals surface area contributed by atoms with E-state index in [-0.39, 0.29) is 25.3 Å². The van der Waals surface area contributed by atoms with E-state index >= 15 is 0 Å². The number of alkyl halides is 3. The first-order chi connectivity index (χ1) is 9.90. The second kappa shape index (κ2) is 6.43. The summed E-state index contributed by atoms with van der Waals surface area (Å²) in [5, 5.41) is 2.68. The summed E-state index contributed by atoms with van der Waals surface area (Å²) >= 11 is 0. The van der Waals surface area contributed by atoms with Crippen molar-refractivity contribution in [1.82, 2.24) is 10.3 Å². The molecule has 0 aromatic carbocycles. The Kier molecular flexibility index (Phi) is 4.82. The molecule has 1 amide bonds. The highest BCUT2D eigenvalue weighted by Crippen LogP contribution is 2.37. The molecule has 1 aliphatic rings. The van der Waals surface area contributed by atoms with E-state index in [9.17, 15) is 18.0 Å². The van der Waals surface area contributed by atoms with Crippen LogP contribution in [0.3, 0.4) is 0 Å². The van der Waals surface area contributed by atoms with Crippen LogP contribution in [0, 0.1) is 5.92 Å². The van der Waals surface area contributed by atoms with E-state index in [1.165, 1.54) is 12.3 Å². The molecule has 0 aliphatic heterocycles. The van der Waals surface area contributed by atoms with E-state index in [0.29, 0.717) is 24.1 Å². The average Bonchev–Trinajstić information content (AvgIpc) is 2.46. The number of nitrogens with one attached hydrogen (secondary N) is 1. The molecule has 2 atom stereocenters. The summed E-state index contributed by atoms with van der Waals surface area (Å²) in [4.78, 5) is 16.1. The smallest absolute Gasteiger partial charge is 0.349 e. The number of amides is 1. The third-order valence-electron chi connectivity index (χ3n) is 3.76. The van der Waals surface area contributed by atoms with Gasteiger partial charge in [0.2, 0.25) is 0 Å². The summed E-state index contributed by atoms with van der Waals surface area (Å²) in [6, 6.07) is 2.64. The van der Waals surface area contributed by atoms with E-state index in [1.807, 2.05) is 0 Å². The van der Waals surface area contributed by atoms with Crippen molar-refractivity contribution < 1.29 is 18.0 Å². The number of rotatable bonds is 3. The molecule has 116 valence electrons. The van der Waals surface area contributed by atoms with Crippen LogP contribution in [-0.2, 0) is 6.54 Å². The van der Waals surface area contributed by atoms with Crippen LogP contribution in [0.5, 0.6) is 0 Å². The van der Waals surface area contributed by atoms with Gasteiger partial charge in [-0.2, -0.15) is 13.2 Å². The predicted molar refractivity (Wildman–Crippen MR) is 71.4 cm³/mol. The van der Waals surface area contributed by atoms with Crippen LogP contribution in [0.2, 0.25) is 0 Å². The topological polar surface area (TPSA) is 68.0 Å². The minimum atomic E-state index is -4.19. The van der Waals surface area contributed by atoms with Crippen molar-refractivity contribution in [3.8, 4) is 0 Å². The number of nitrogens with zero attached hydrogens (tertiary/aromatic N) is 1. The Hall–Kier alpha value is -1.63. The lowest BCUT2D eigenvalue weighted by Crippen LogP contribution is -2.41. The molecular formula is C14H18F3N3O. The van der Waals surface area contributed by atoms with E-state index in [1.54, 1.807) is 6.07 Å². The summed E-state index contributed by atoms with van der Waals surface area (Å²) in [6.45, 7) is 0.209. The van der Waals surface area contributed by atoms with Gasteiger partial charge in [0.1, 0.15) is 0 Å². The van der Waals surface area contributed by atoms with E-state index in [0.717, 1.165) is 0 Å². The van der Waals surface area contributed by atoms with Crippen LogP contribution in [-0.4, -0.2) is 23.1 Å². The molecule has 2 unspecified atom stereocenters. The normalized spacial score (nSPS) is 22.9. The highest BCUT2D eigenvalue weighted by Gasteiger charge is 2.42. The lowest BCUT2D eigenvalue weighted by atomic mass is 9.85.